The monoisotopic (exact) mass is 1120 g/mol. The fraction of sp³-hybridized carbons (Fsp3) is 0.185. The minimum absolute atomic E-state index is 0.0985. The number of nitrogens with zero attached hydrogens (tertiary/aromatic N) is 13. The van der Waals surface area contributed by atoms with Crippen LogP contribution in [-0.2, 0) is 13.1 Å². The van der Waals surface area contributed by atoms with Crippen molar-refractivity contribution in [3.8, 4) is 57.3 Å². The highest BCUT2D eigenvalue weighted by Crippen LogP contribution is 2.28. The number of aromatic amines is 1. The maximum absolute atomic E-state index is 14.3. The Morgan fingerprint density at radius 3 is 1.71 bits per heavy atom. The number of aromatic nitrogens is 13. The second kappa shape index (κ2) is 26.6. The first kappa shape index (κ1) is 53.8. The molecule has 0 bridgehead atoms. The number of rotatable bonds is 13. The molecule has 11 aromatic rings. The van der Waals surface area contributed by atoms with Gasteiger partial charge in [-0.3, -0.25) is 19.1 Å². The Labute approximate surface area is 460 Å². The van der Waals surface area contributed by atoms with Gasteiger partial charge in [-0.1, -0.05) is 53.6 Å². The van der Waals surface area contributed by atoms with Crippen molar-refractivity contribution in [2.75, 3.05) is 12.3 Å². The molecule has 7 heterocycles. The largest absolute Gasteiger partial charge is 0.478 e. The number of carbonyl (C=O) groups is 1. The second-order valence-electron chi connectivity index (χ2n) is 17.6. The Morgan fingerprint density at radius 1 is 0.713 bits per heavy atom. The van der Waals surface area contributed by atoms with E-state index in [2.05, 4.69) is 95.4 Å². The zero-order valence-corrected chi connectivity index (χ0v) is 44.2. The summed E-state index contributed by atoms with van der Waals surface area (Å²) in [5, 5.41) is 40.8. The van der Waals surface area contributed by atoms with E-state index in [1.54, 1.807) is 82.2 Å². The van der Waals surface area contributed by atoms with Crippen LogP contribution in [0.15, 0.2) is 152 Å². The first-order valence-corrected chi connectivity index (χ1v) is 24.2. The number of nitrogen functional groups attached to an aromatic ring is 1. The maximum atomic E-state index is 14.3. The third-order valence-corrected chi connectivity index (χ3v) is 11.6. The van der Waals surface area contributed by atoms with Crippen molar-refractivity contribution in [1.29, 1.82) is 3.84 Å². The Kier molecular flexibility index (Phi) is 17.9. The third-order valence-electron chi connectivity index (χ3n) is 11.6. The van der Waals surface area contributed by atoms with Gasteiger partial charge in [0, 0.05) is 40.9 Å². The van der Waals surface area contributed by atoms with Gasteiger partial charge in [0.25, 0.3) is 11.3 Å². The number of nitrogens with two attached hydrogens (primary N) is 1. The van der Waals surface area contributed by atoms with Crippen LogP contribution >= 0.6 is 9.73 Å². The summed E-state index contributed by atoms with van der Waals surface area (Å²) in [7, 11) is -1.87. The van der Waals surface area contributed by atoms with E-state index in [4.69, 9.17) is 28.1 Å². The number of nitrogens with one attached hydrogen (secondary N) is 1. The molecule has 0 aliphatic rings. The maximum Gasteiger partial charge on any atom is 0.335 e. The van der Waals surface area contributed by atoms with Crippen LogP contribution in [0.2, 0.25) is 0 Å². The fourth-order valence-corrected chi connectivity index (χ4v) is 7.84. The predicted octanol–water partition coefficient (Wildman–Crippen LogP) is 9.68. The van der Waals surface area contributed by atoms with Gasteiger partial charge >= 0.3 is 5.97 Å². The molecule has 0 amide bonds. The lowest BCUT2D eigenvalue weighted by molar-refractivity contribution is 0.0696. The minimum Gasteiger partial charge on any atom is -0.478 e. The highest BCUT2D eigenvalue weighted by molar-refractivity contribution is 6.92. The molecule has 0 aliphatic heterocycles. The number of anilines is 1. The van der Waals surface area contributed by atoms with Gasteiger partial charge in [-0.25, -0.2) is 22.4 Å². The van der Waals surface area contributed by atoms with E-state index in [-0.39, 0.29) is 70.8 Å². The summed E-state index contributed by atoms with van der Waals surface area (Å²) in [6.45, 7) is 12.6. The summed E-state index contributed by atoms with van der Waals surface area (Å²) in [6.07, 6.45) is 2.85. The number of H-pyrrole nitrogens is 1. The standard InChI is InChI=1S/C23H13F2N7O2.C16H12FN7O2.C8H19N.C7H5FO2.H3P/c24-15-7-5-13(6-8-15)22-27-21-23(34-22)26-20(28-29-21)18-11-19(17-9-10-33-31-17)32(30-18)12-14-3-1-2-4-16(14)25;17-10-4-2-1-3-9(10)8-24-13(11-5-6-26-23-11)7-12(22-24)15-19-16(25)14(18)20-21-15;1-6-9(7(2)3)8(4)5;8-6-3-1-5(2-4-6)7(9)10;/h1-11H,12H2;1-7H,8H2,(H2,18,20)(H,19,21,25);7-8H,6H2,1-5H3;1-4H,(H,9,10);1H3/i;;;;1T3. The Hall–Kier alpha value is -9.61. The summed E-state index contributed by atoms with van der Waals surface area (Å²) >= 11 is 0. The number of carboxylic acid groups (broad SMARTS) is 1. The predicted molar refractivity (Wildman–Crippen MR) is 291 cm³/mol. The number of benzene rings is 4. The van der Waals surface area contributed by atoms with Crippen molar-refractivity contribution >= 4 is 32.9 Å². The van der Waals surface area contributed by atoms with Gasteiger partial charge in [0.1, 0.15) is 58.6 Å². The zero-order valence-electron chi connectivity index (χ0n) is 46.3. The van der Waals surface area contributed by atoms with E-state index in [0.29, 0.717) is 62.9 Å². The smallest absolute Gasteiger partial charge is 0.335 e. The van der Waals surface area contributed by atoms with Crippen molar-refractivity contribution in [2.24, 2.45) is 0 Å². The van der Waals surface area contributed by atoms with Crippen LogP contribution in [0.1, 0.15) is 56.1 Å². The molecule has 0 aliphatic carbocycles. The van der Waals surface area contributed by atoms with Gasteiger partial charge in [-0.15, -0.1) is 20.4 Å². The van der Waals surface area contributed by atoms with E-state index < -0.39 is 27.1 Å². The lowest BCUT2D eigenvalue weighted by Gasteiger charge is -2.28. The molecule has 412 valence electrons. The number of hydrogen-bond acceptors (Lipinski definition) is 17. The molecular weight excluding hydrogens is 1060 g/mol. The van der Waals surface area contributed by atoms with Crippen LogP contribution in [0.3, 0.4) is 0 Å². The van der Waals surface area contributed by atoms with E-state index in [1.807, 2.05) is 0 Å². The summed E-state index contributed by atoms with van der Waals surface area (Å²) in [4.78, 5) is 35.5. The zero-order chi connectivity index (χ0) is 59.7. The SMILES string of the molecule is CCN(C(C)C)C(C)C.Fc1ccc(-c2nc3nnc(-c4cc(-c5ccon5)n(Cc5ccccc5F)n4)nc3o2)cc1.Nc1nnc(-c2cc(-c3ccon3)n(Cc3ccccc3F)n2)[nH]c1=O.O=C(O)c1ccc(F)cc1.[3H]P([3H])[3H]. The van der Waals surface area contributed by atoms with Crippen LogP contribution in [0.25, 0.3) is 68.6 Å². The number of hydrogen-bond donors (Lipinski definition) is 3. The molecule has 0 unspecified atom stereocenters. The Morgan fingerprint density at radius 2 is 1.24 bits per heavy atom. The van der Waals surface area contributed by atoms with Crippen molar-refractivity contribution in [3.63, 3.8) is 0 Å². The molecule has 7 aromatic heterocycles. The Bertz CT molecular complexity index is 3900. The normalized spacial score (nSPS) is 11.4. The van der Waals surface area contributed by atoms with E-state index in [9.17, 15) is 27.2 Å². The van der Waals surface area contributed by atoms with Crippen LogP contribution in [0.5, 0.6) is 0 Å². The molecule has 0 radical (unpaired) electrons. The molecular formula is C54H52F4N15O6P. The molecule has 0 saturated heterocycles. The average Bonchev–Trinajstić information content (AvgIpc) is 4.31. The van der Waals surface area contributed by atoms with Crippen molar-refractivity contribution in [2.45, 2.75) is 59.8 Å². The molecule has 4 N–H and O–H groups in total. The van der Waals surface area contributed by atoms with Crippen LogP contribution in [0, 0.1) is 23.3 Å². The highest BCUT2D eigenvalue weighted by atomic mass is 31.0. The quantitative estimate of drug-likeness (QED) is 0.0715. The number of oxazole rings is 1. The number of fused-ring (bicyclic) bond motifs is 1. The molecule has 0 spiro atoms. The molecule has 21 nitrogen and oxygen atoms in total. The lowest BCUT2D eigenvalue weighted by atomic mass is 10.2. The van der Waals surface area contributed by atoms with Gasteiger partial charge in [0.15, 0.2) is 5.82 Å². The summed E-state index contributed by atoms with van der Waals surface area (Å²) in [5.41, 5.74) is 9.63. The van der Waals surface area contributed by atoms with E-state index in [0.717, 1.165) is 18.7 Å². The van der Waals surface area contributed by atoms with Gasteiger partial charge in [-0.2, -0.15) is 29.9 Å². The molecule has 4 aromatic carbocycles. The molecule has 11 rings (SSSR count). The van der Waals surface area contributed by atoms with E-state index in [1.165, 1.54) is 48.9 Å². The van der Waals surface area contributed by atoms with Crippen LogP contribution in [-0.4, -0.2) is 104 Å². The molecule has 0 atom stereocenters. The summed E-state index contributed by atoms with van der Waals surface area (Å²) in [6, 6.07) is 31.3. The number of aromatic carboxylic acids is 1. The molecule has 0 fully saturated rings. The van der Waals surface area contributed by atoms with Gasteiger partial charge in [0.05, 0.1) is 33.9 Å². The van der Waals surface area contributed by atoms with Crippen molar-refractivity contribution in [3.05, 3.63) is 184 Å². The highest BCUT2D eigenvalue weighted by Gasteiger charge is 2.21. The lowest BCUT2D eigenvalue weighted by Crippen LogP contribution is -2.36. The van der Waals surface area contributed by atoms with Gasteiger partial charge < -0.3 is 29.3 Å². The topological polar surface area (TPSA) is 278 Å². The van der Waals surface area contributed by atoms with Crippen LogP contribution < -0.4 is 11.3 Å². The van der Waals surface area contributed by atoms with E-state index >= 15 is 0 Å². The number of carboxylic acids is 1. The third kappa shape index (κ3) is 14.5. The summed E-state index contributed by atoms with van der Waals surface area (Å²) in [5.74, 6) is -2.21. The molecule has 26 heteroatoms. The van der Waals surface area contributed by atoms with Crippen molar-refractivity contribution < 1.29 is 40.9 Å². The molecule has 0 saturated carbocycles. The van der Waals surface area contributed by atoms with Crippen molar-refractivity contribution in [1.82, 2.24) is 70.1 Å². The second-order valence-corrected chi connectivity index (χ2v) is 17.6. The fourth-order valence-electron chi connectivity index (χ4n) is 7.84. The van der Waals surface area contributed by atoms with Crippen LogP contribution in [0.4, 0.5) is 23.4 Å². The average molecular weight is 1120 g/mol. The van der Waals surface area contributed by atoms with Gasteiger partial charge in [0.2, 0.25) is 23.2 Å². The van der Waals surface area contributed by atoms with Gasteiger partial charge in [-0.05, 0) is 107 Å². The number of halogens is 4. The summed E-state index contributed by atoms with van der Waals surface area (Å²) < 4.78 is 90.3. The first-order valence-electron chi connectivity index (χ1n) is 25.6. The minimum atomic E-state index is -1.87. The molecule has 80 heavy (non-hydrogen) atoms. The Balaban J connectivity index is 0.000000177. The first-order chi connectivity index (χ1) is 39.8.